The van der Waals surface area contributed by atoms with Gasteiger partial charge in [-0.3, -0.25) is 4.79 Å². The first-order valence-corrected chi connectivity index (χ1v) is 17.7. The molecule has 0 heterocycles. The largest absolute Gasteiger partial charge is 0.508 e. The Bertz CT molecular complexity index is 1320. The maximum atomic E-state index is 16.1. The number of phenolic OH excluding ortho intramolecular Hbond substituents is 1. The summed E-state index contributed by atoms with van der Waals surface area (Å²) in [6.45, 7) is 5.79. The van der Waals surface area contributed by atoms with Gasteiger partial charge in [-0.25, -0.2) is 4.39 Å². The molecule has 0 aliphatic heterocycles. The van der Waals surface area contributed by atoms with Crippen molar-refractivity contribution in [3.8, 4) is 11.8 Å². The molecule has 2 aromatic carbocycles. The molecule has 2 aromatic rings. The number of aromatic hydroxyl groups is 1. The quantitative estimate of drug-likeness (QED) is 0.208. The van der Waals surface area contributed by atoms with E-state index in [9.17, 15) is 15.0 Å². The van der Waals surface area contributed by atoms with E-state index in [0.717, 1.165) is 75.5 Å². The number of rotatable bonds is 14. The van der Waals surface area contributed by atoms with Gasteiger partial charge < -0.3 is 15.1 Å². The summed E-state index contributed by atoms with van der Waals surface area (Å²) in [6, 6.07) is 14.6. The van der Waals surface area contributed by atoms with Crippen LogP contribution in [0.25, 0.3) is 0 Å². The maximum absolute atomic E-state index is 16.1. The minimum absolute atomic E-state index is 0.0369. The summed E-state index contributed by atoms with van der Waals surface area (Å²) < 4.78 is 16.1. The molecule has 5 nitrogen and oxygen atoms in total. The van der Waals surface area contributed by atoms with E-state index in [1.54, 1.807) is 30.3 Å². The molecule has 244 valence electrons. The topological polar surface area (TPSA) is 84.6 Å². The number of phenols is 1. The lowest BCUT2D eigenvalue weighted by atomic mass is 9.51. The molecule has 7 atom stereocenters. The van der Waals surface area contributed by atoms with Crippen LogP contribution in [0.15, 0.2) is 42.5 Å². The van der Waals surface area contributed by atoms with E-state index in [1.165, 1.54) is 25.7 Å². The fourth-order valence-corrected chi connectivity index (χ4v) is 9.19. The van der Waals surface area contributed by atoms with Gasteiger partial charge in [-0.15, -0.1) is 0 Å². The number of hydrogen-bond donors (Lipinski definition) is 2. The Morgan fingerprint density at radius 3 is 2.40 bits per heavy atom. The van der Waals surface area contributed by atoms with Crippen LogP contribution in [0.1, 0.15) is 130 Å². The second kappa shape index (κ2) is 15.1. The number of aliphatic hydroxyl groups excluding tert-OH is 1. The highest BCUT2D eigenvalue weighted by Gasteiger charge is 2.59. The summed E-state index contributed by atoms with van der Waals surface area (Å²) in [5, 5.41) is 30.3. The van der Waals surface area contributed by atoms with E-state index in [-0.39, 0.29) is 28.9 Å². The third kappa shape index (κ3) is 7.40. The van der Waals surface area contributed by atoms with Crippen LogP contribution in [-0.4, -0.2) is 46.4 Å². The van der Waals surface area contributed by atoms with Gasteiger partial charge in [0.15, 0.2) is 0 Å². The Morgan fingerprint density at radius 1 is 1.00 bits per heavy atom. The fraction of sp³-hybridized carbons (Fsp3) is 0.641. The van der Waals surface area contributed by atoms with Crippen LogP contribution in [0.2, 0.25) is 0 Å². The Hall–Kier alpha value is -2.91. The number of fused-ring (bicyclic) bond motifs is 5. The van der Waals surface area contributed by atoms with Crippen LogP contribution >= 0.6 is 0 Å². The summed E-state index contributed by atoms with van der Waals surface area (Å²) in [5.74, 6) is 0.951. The first kappa shape index (κ1) is 33.5. The van der Waals surface area contributed by atoms with Gasteiger partial charge in [0, 0.05) is 24.6 Å². The SMILES string of the molecule is CCCCCCCCN(CCCCC[C@@H]1Cc2cc(O)ccc2[C@@H]2[C@@H]1[C@@H]1CC[C@H](O)[C@@]1(C)C[C@@H]2F)C(=O)c1ccc(C#N)cc1. The lowest BCUT2D eigenvalue weighted by Crippen LogP contribution is -2.51. The van der Waals surface area contributed by atoms with E-state index in [4.69, 9.17) is 5.26 Å². The molecule has 0 unspecified atom stereocenters. The summed E-state index contributed by atoms with van der Waals surface area (Å²) >= 11 is 0. The van der Waals surface area contributed by atoms with Crippen LogP contribution in [0.4, 0.5) is 4.39 Å². The highest BCUT2D eigenvalue weighted by Crippen LogP contribution is 2.63. The van der Waals surface area contributed by atoms with E-state index in [0.29, 0.717) is 35.9 Å². The lowest BCUT2D eigenvalue weighted by Gasteiger charge is -2.54. The number of unbranched alkanes of at least 4 members (excludes halogenated alkanes) is 7. The zero-order chi connectivity index (χ0) is 32.0. The molecule has 1 amide bonds. The molecule has 45 heavy (non-hydrogen) atoms. The van der Waals surface area contributed by atoms with Gasteiger partial charge >= 0.3 is 0 Å². The number of benzene rings is 2. The molecular weight excluding hydrogens is 563 g/mol. The minimum atomic E-state index is -0.987. The van der Waals surface area contributed by atoms with E-state index >= 15 is 4.39 Å². The number of carbonyl (C=O) groups excluding carboxylic acids is 1. The summed E-state index contributed by atoms with van der Waals surface area (Å²) in [5.41, 5.74) is 2.98. The normalized spacial score (nSPS) is 28.5. The number of alkyl halides is 1. The molecule has 0 aromatic heterocycles. The number of carbonyl (C=O) groups is 1. The third-order valence-electron chi connectivity index (χ3n) is 11.6. The van der Waals surface area contributed by atoms with Crippen molar-refractivity contribution in [1.29, 1.82) is 5.26 Å². The van der Waals surface area contributed by atoms with Crippen LogP contribution in [0.3, 0.4) is 0 Å². The molecule has 0 saturated heterocycles. The molecular formula is C39H53FN2O3. The average molecular weight is 617 g/mol. The van der Waals surface area contributed by atoms with Crippen LogP contribution in [0, 0.1) is 34.5 Å². The van der Waals surface area contributed by atoms with Crippen LogP contribution < -0.4 is 0 Å². The number of amides is 1. The second-order valence-electron chi connectivity index (χ2n) is 14.5. The predicted molar refractivity (Wildman–Crippen MR) is 177 cm³/mol. The predicted octanol–water partition coefficient (Wildman–Crippen LogP) is 8.72. The Kier molecular flexibility index (Phi) is 11.2. The summed E-state index contributed by atoms with van der Waals surface area (Å²) in [4.78, 5) is 15.5. The first-order valence-electron chi connectivity index (χ1n) is 17.7. The van der Waals surface area contributed by atoms with Gasteiger partial charge in [-0.1, -0.05) is 64.9 Å². The molecule has 2 N–H and O–H groups in total. The molecule has 2 fully saturated rings. The smallest absolute Gasteiger partial charge is 0.253 e. The van der Waals surface area contributed by atoms with Gasteiger partial charge in [0.05, 0.1) is 17.7 Å². The zero-order valence-corrected chi connectivity index (χ0v) is 27.4. The van der Waals surface area contributed by atoms with Gasteiger partial charge in [-0.05, 0) is 116 Å². The van der Waals surface area contributed by atoms with Crippen molar-refractivity contribution in [3.05, 3.63) is 64.7 Å². The molecule has 6 heteroatoms. The maximum Gasteiger partial charge on any atom is 0.253 e. The van der Waals surface area contributed by atoms with Gasteiger partial charge in [0.1, 0.15) is 11.9 Å². The first-order chi connectivity index (χ1) is 21.8. The van der Waals surface area contributed by atoms with Crippen molar-refractivity contribution in [3.63, 3.8) is 0 Å². The third-order valence-corrected chi connectivity index (χ3v) is 11.6. The van der Waals surface area contributed by atoms with Gasteiger partial charge in [0.2, 0.25) is 0 Å². The molecule has 0 radical (unpaired) electrons. The van der Waals surface area contributed by atoms with E-state index in [2.05, 4.69) is 19.9 Å². The molecule has 5 rings (SSSR count). The summed E-state index contributed by atoms with van der Waals surface area (Å²) in [7, 11) is 0. The van der Waals surface area contributed by atoms with E-state index in [1.807, 2.05) is 17.0 Å². The van der Waals surface area contributed by atoms with Crippen LogP contribution in [0.5, 0.6) is 5.75 Å². The monoisotopic (exact) mass is 616 g/mol. The van der Waals surface area contributed by atoms with Crippen molar-refractivity contribution in [2.75, 3.05) is 13.1 Å². The number of aliphatic hydroxyl groups is 1. The van der Waals surface area contributed by atoms with Crippen molar-refractivity contribution >= 4 is 5.91 Å². The van der Waals surface area contributed by atoms with Crippen molar-refractivity contribution < 1.29 is 19.4 Å². The van der Waals surface area contributed by atoms with Crippen LogP contribution in [-0.2, 0) is 6.42 Å². The average Bonchev–Trinajstić information content (AvgIpc) is 3.33. The number of halogens is 1. The molecule has 3 aliphatic rings. The highest BCUT2D eigenvalue weighted by atomic mass is 19.1. The number of nitrogens with zero attached hydrogens (tertiary/aromatic N) is 2. The van der Waals surface area contributed by atoms with Gasteiger partial charge in [0.25, 0.3) is 5.91 Å². The molecule has 2 saturated carbocycles. The Labute approximate surface area is 269 Å². The standard InChI is InChI=1S/C39H53FN2O3/c1-3-4-5-6-7-10-21-42(38(45)28-15-13-27(26-41)14-16-28)22-11-8-9-12-29-23-30-24-31(43)17-18-32(30)37-34(40)25-39(2)33(36(29)37)19-20-35(39)44/h13-18,24,29,33-37,43-44H,3-12,19-23,25H2,1-2H3/t29-,33+,34+,35+,36+,37+,39+/m1/s1. The fourth-order valence-electron chi connectivity index (χ4n) is 9.19. The van der Waals surface area contributed by atoms with E-state index < -0.39 is 12.3 Å². The molecule has 0 spiro atoms. The Morgan fingerprint density at radius 2 is 1.69 bits per heavy atom. The minimum Gasteiger partial charge on any atom is -0.508 e. The highest BCUT2D eigenvalue weighted by molar-refractivity contribution is 5.94. The molecule has 3 aliphatic carbocycles. The Balaban J connectivity index is 1.22. The summed E-state index contributed by atoms with van der Waals surface area (Å²) in [6.07, 6.45) is 12.5. The van der Waals surface area contributed by atoms with Crippen molar-refractivity contribution in [2.24, 2.45) is 23.2 Å². The lowest BCUT2D eigenvalue weighted by molar-refractivity contribution is -0.0722. The van der Waals surface area contributed by atoms with Crippen molar-refractivity contribution in [2.45, 2.75) is 122 Å². The number of nitriles is 1. The number of hydrogen-bond acceptors (Lipinski definition) is 4. The van der Waals surface area contributed by atoms with Gasteiger partial charge in [-0.2, -0.15) is 5.26 Å². The second-order valence-corrected chi connectivity index (χ2v) is 14.5. The molecule has 0 bridgehead atoms. The van der Waals surface area contributed by atoms with Crippen molar-refractivity contribution in [1.82, 2.24) is 4.90 Å². The zero-order valence-electron chi connectivity index (χ0n) is 27.4.